The van der Waals surface area contributed by atoms with E-state index in [2.05, 4.69) is 57.4 Å². The maximum atomic E-state index is 5.80. The number of piperazine rings is 1. The van der Waals surface area contributed by atoms with Crippen molar-refractivity contribution >= 4 is 11.6 Å². The number of nitrogens with one attached hydrogen (secondary N) is 1. The topological polar surface area (TPSA) is 70.8 Å². The molecule has 2 aliphatic rings. The lowest BCUT2D eigenvalue weighted by atomic mass is 10.1. The van der Waals surface area contributed by atoms with Gasteiger partial charge in [-0.1, -0.05) is 12.1 Å². The summed E-state index contributed by atoms with van der Waals surface area (Å²) in [4.78, 5) is 9.77. The summed E-state index contributed by atoms with van der Waals surface area (Å²) in [6, 6.07) is 6.70. The van der Waals surface area contributed by atoms with Crippen LogP contribution in [0.3, 0.4) is 0 Å². The van der Waals surface area contributed by atoms with Crippen LogP contribution in [-0.2, 0) is 18.3 Å². The second-order valence-electron chi connectivity index (χ2n) is 8.64. The van der Waals surface area contributed by atoms with E-state index in [9.17, 15) is 0 Å². The van der Waals surface area contributed by atoms with Crippen molar-refractivity contribution in [2.45, 2.75) is 46.3 Å². The third-order valence-electron chi connectivity index (χ3n) is 6.35. The van der Waals surface area contributed by atoms with Crippen LogP contribution in [0, 0.1) is 20.8 Å². The normalized spacial score (nSPS) is 19.9. The minimum Gasteiger partial charge on any atom is -0.376 e. The van der Waals surface area contributed by atoms with E-state index < -0.39 is 0 Å². The van der Waals surface area contributed by atoms with E-state index in [1.807, 2.05) is 18.5 Å². The molecular formula is C23H35N7O. The number of benzene rings is 1. The highest BCUT2D eigenvalue weighted by Crippen LogP contribution is 2.23. The second-order valence-corrected chi connectivity index (χ2v) is 8.64. The molecule has 0 bridgehead atoms. The van der Waals surface area contributed by atoms with E-state index in [0.29, 0.717) is 6.54 Å². The van der Waals surface area contributed by atoms with Crippen molar-refractivity contribution in [1.82, 2.24) is 25.0 Å². The van der Waals surface area contributed by atoms with Gasteiger partial charge in [0.1, 0.15) is 12.4 Å². The fourth-order valence-corrected chi connectivity index (χ4v) is 4.23. The Morgan fingerprint density at radius 3 is 2.65 bits per heavy atom. The Morgan fingerprint density at radius 1 is 1.16 bits per heavy atom. The molecule has 2 aromatic rings. The molecule has 1 atom stereocenters. The maximum Gasteiger partial charge on any atom is 0.194 e. The first-order chi connectivity index (χ1) is 15.0. The highest BCUT2D eigenvalue weighted by atomic mass is 16.5. The quantitative estimate of drug-likeness (QED) is 0.585. The lowest BCUT2D eigenvalue weighted by molar-refractivity contribution is 0.113. The van der Waals surface area contributed by atoms with Crippen molar-refractivity contribution in [2.24, 2.45) is 12.0 Å². The zero-order chi connectivity index (χ0) is 21.8. The van der Waals surface area contributed by atoms with E-state index in [1.54, 1.807) is 0 Å². The molecule has 0 saturated carbocycles. The number of guanidine groups is 1. The van der Waals surface area contributed by atoms with Gasteiger partial charge in [-0.3, -0.25) is 0 Å². The average Bonchev–Trinajstić information content (AvgIpc) is 3.41. The Bertz CT molecular complexity index is 909. The van der Waals surface area contributed by atoms with Gasteiger partial charge in [0, 0.05) is 52.1 Å². The van der Waals surface area contributed by atoms with Crippen LogP contribution in [0.25, 0.3) is 0 Å². The van der Waals surface area contributed by atoms with Crippen molar-refractivity contribution in [1.29, 1.82) is 0 Å². The fraction of sp³-hybridized carbons (Fsp3) is 0.609. The first-order valence-electron chi connectivity index (χ1n) is 11.3. The summed E-state index contributed by atoms with van der Waals surface area (Å²) in [6.45, 7) is 12.3. The summed E-state index contributed by atoms with van der Waals surface area (Å²) < 4.78 is 7.80. The van der Waals surface area contributed by atoms with Crippen LogP contribution < -0.4 is 10.2 Å². The van der Waals surface area contributed by atoms with E-state index >= 15 is 0 Å². The van der Waals surface area contributed by atoms with Crippen LogP contribution in [0.2, 0.25) is 0 Å². The van der Waals surface area contributed by atoms with E-state index in [4.69, 9.17) is 9.73 Å². The number of anilines is 1. The van der Waals surface area contributed by atoms with E-state index in [1.165, 1.54) is 16.8 Å². The molecule has 1 unspecified atom stereocenters. The predicted molar refractivity (Wildman–Crippen MR) is 124 cm³/mol. The number of rotatable bonds is 5. The Kier molecular flexibility index (Phi) is 6.75. The molecule has 4 rings (SSSR count). The predicted octanol–water partition coefficient (Wildman–Crippen LogP) is 2.19. The number of hydrogen-bond donors (Lipinski definition) is 1. The standard InChI is InChI=1S/C23H35N7O/c1-17-7-8-18(2)21(14-17)29-9-11-30(12-10-29)23(24-15-20-6-5-13-31-20)25-16-22-27-26-19(3)28(22)4/h7-8,14,20H,5-6,9-13,15-16H2,1-4H3,(H,24,25). The number of aliphatic imine (C=N–C) groups is 1. The van der Waals surface area contributed by atoms with Crippen molar-refractivity contribution in [3.8, 4) is 0 Å². The third-order valence-corrected chi connectivity index (χ3v) is 6.35. The van der Waals surface area contributed by atoms with Crippen molar-refractivity contribution in [3.05, 3.63) is 41.0 Å². The van der Waals surface area contributed by atoms with Crippen molar-refractivity contribution in [3.63, 3.8) is 0 Å². The molecule has 8 heteroatoms. The first-order valence-corrected chi connectivity index (χ1v) is 11.3. The number of aryl methyl sites for hydroxylation is 3. The second kappa shape index (κ2) is 9.68. The van der Waals surface area contributed by atoms with Gasteiger partial charge in [-0.2, -0.15) is 0 Å². The number of nitrogens with zero attached hydrogens (tertiary/aromatic N) is 6. The van der Waals surface area contributed by atoms with Crippen molar-refractivity contribution in [2.75, 3.05) is 44.2 Å². The van der Waals surface area contributed by atoms with Crippen LogP contribution in [0.4, 0.5) is 5.69 Å². The molecule has 31 heavy (non-hydrogen) atoms. The highest BCUT2D eigenvalue weighted by molar-refractivity contribution is 5.80. The number of ether oxygens (including phenoxy) is 1. The number of hydrogen-bond acceptors (Lipinski definition) is 5. The van der Waals surface area contributed by atoms with Crippen LogP contribution >= 0.6 is 0 Å². The fourth-order valence-electron chi connectivity index (χ4n) is 4.23. The van der Waals surface area contributed by atoms with E-state index in [0.717, 1.165) is 69.8 Å². The molecule has 3 heterocycles. The van der Waals surface area contributed by atoms with Crippen molar-refractivity contribution < 1.29 is 4.74 Å². The van der Waals surface area contributed by atoms with Gasteiger partial charge < -0.3 is 24.4 Å². The summed E-state index contributed by atoms with van der Waals surface area (Å²) in [5.74, 6) is 2.72. The summed E-state index contributed by atoms with van der Waals surface area (Å²) in [5, 5.41) is 12.0. The van der Waals surface area contributed by atoms with Gasteiger partial charge in [-0.05, 0) is 50.8 Å². The highest BCUT2D eigenvalue weighted by Gasteiger charge is 2.23. The Balaban J connectivity index is 1.44. The Hall–Kier alpha value is -2.61. The monoisotopic (exact) mass is 425 g/mol. The smallest absolute Gasteiger partial charge is 0.194 e. The maximum absolute atomic E-state index is 5.80. The molecule has 2 saturated heterocycles. The summed E-state index contributed by atoms with van der Waals surface area (Å²) in [6.07, 6.45) is 2.54. The molecule has 1 N–H and O–H groups in total. The summed E-state index contributed by atoms with van der Waals surface area (Å²) >= 11 is 0. The molecule has 0 radical (unpaired) electrons. The molecule has 1 aromatic heterocycles. The lowest BCUT2D eigenvalue weighted by Gasteiger charge is -2.38. The number of aromatic nitrogens is 3. The minimum absolute atomic E-state index is 0.276. The van der Waals surface area contributed by atoms with Gasteiger partial charge >= 0.3 is 0 Å². The minimum atomic E-state index is 0.276. The third kappa shape index (κ3) is 5.18. The van der Waals surface area contributed by atoms with Gasteiger partial charge in [0.05, 0.1) is 6.10 Å². The summed E-state index contributed by atoms with van der Waals surface area (Å²) in [5.41, 5.74) is 3.99. The van der Waals surface area contributed by atoms with Crippen LogP contribution in [0.15, 0.2) is 23.2 Å². The molecule has 1 aromatic carbocycles. The SMILES string of the molecule is Cc1ccc(C)c(N2CCN(C(=NCc3nnc(C)n3C)NCC3CCCO3)CC2)c1. The van der Waals surface area contributed by atoms with Crippen LogP contribution in [-0.4, -0.2) is 71.1 Å². The Morgan fingerprint density at radius 2 is 1.97 bits per heavy atom. The largest absolute Gasteiger partial charge is 0.376 e. The molecule has 2 fully saturated rings. The first kappa shape index (κ1) is 21.6. The van der Waals surface area contributed by atoms with Gasteiger partial charge in [0.2, 0.25) is 0 Å². The molecular weight excluding hydrogens is 390 g/mol. The van der Waals surface area contributed by atoms with Gasteiger partial charge in [-0.25, -0.2) is 4.99 Å². The molecule has 2 aliphatic heterocycles. The van der Waals surface area contributed by atoms with E-state index in [-0.39, 0.29) is 6.10 Å². The molecule has 0 aliphatic carbocycles. The summed E-state index contributed by atoms with van der Waals surface area (Å²) in [7, 11) is 1.99. The molecule has 0 spiro atoms. The van der Waals surface area contributed by atoms with Crippen LogP contribution in [0.1, 0.15) is 35.6 Å². The Labute approximate surface area is 185 Å². The molecule has 8 nitrogen and oxygen atoms in total. The van der Waals surface area contributed by atoms with Gasteiger partial charge in [-0.15, -0.1) is 10.2 Å². The lowest BCUT2D eigenvalue weighted by Crippen LogP contribution is -2.53. The zero-order valence-electron chi connectivity index (χ0n) is 19.3. The average molecular weight is 426 g/mol. The van der Waals surface area contributed by atoms with Crippen LogP contribution in [0.5, 0.6) is 0 Å². The molecule has 0 amide bonds. The molecule has 168 valence electrons. The van der Waals surface area contributed by atoms with Gasteiger partial charge in [0.15, 0.2) is 11.8 Å². The van der Waals surface area contributed by atoms with Gasteiger partial charge in [0.25, 0.3) is 0 Å². The zero-order valence-corrected chi connectivity index (χ0v) is 19.3.